The van der Waals surface area contributed by atoms with Crippen molar-refractivity contribution in [2.24, 2.45) is 0 Å². The van der Waals surface area contributed by atoms with E-state index in [4.69, 9.17) is 9.40 Å². The second kappa shape index (κ2) is 5.49. The number of fused-ring (bicyclic) bond motifs is 4. The van der Waals surface area contributed by atoms with E-state index >= 15 is 0 Å². The molecule has 2 aromatic heterocycles. The molecule has 1 aliphatic heterocycles. The minimum Gasteiger partial charge on any atom is -0.454 e. The van der Waals surface area contributed by atoms with E-state index in [9.17, 15) is 0 Å². The Labute approximate surface area is 159 Å². The van der Waals surface area contributed by atoms with E-state index in [0.717, 1.165) is 39.1 Å². The maximum Gasteiger partial charge on any atom is 0.156 e. The molecule has 0 saturated carbocycles. The smallest absolute Gasteiger partial charge is 0.156 e. The van der Waals surface area contributed by atoms with E-state index in [1.165, 1.54) is 16.8 Å². The van der Waals surface area contributed by atoms with Gasteiger partial charge in [0.05, 0.1) is 5.69 Å². The van der Waals surface area contributed by atoms with Gasteiger partial charge in [0.25, 0.3) is 0 Å². The minimum atomic E-state index is 0.188. The van der Waals surface area contributed by atoms with Crippen LogP contribution in [-0.4, -0.2) is 18.2 Å². The largest absolute Gasteiger partial charge is 0.454 e. The molecule has 2 aromatic carbocycles. The Kier molecular flexibility index (Phi) is 3.29. The van der Waals surface area contributed by atoms with Crippen molar-refractivity contribution in [1.29, 1.82) is 0 Å². The van der Waals surface area contributed by atoms with Gasteiger partial charge < -0.3 is 14.2 Å². The summed E-state index contributed by atoms with van der Waals surface area (Å²) in [6.45, 7) is 8.59. The summed E-state index contributed by atoms with van der Waals surface area (Å²) in [5, 5.41) is 1.08. The van der Waals surface area contributed by atoms with Gasteiger partial charge in [0.2, 0.25) is 0 Å². The summed E-state index contributed by atoms with van der Waals surface area (Å²) >= 11 is 0. The van der Waals surface area contributed by atoms with Crippen LogP contribution in [0, 0.1) is 20.8 Å². The lowest BCUT2D eigenvalue weighted by Gasteiger charge is -2.28. The zero-order valence-electron chi connectivity index (χ0n) is 16.4. The highest BCUT2D eigenvalue weighted by molar-refractivity contribution is 6.06. The molecule has 4 aromatic rings. The second-order valence-corrected chi connectivity index (χ2v) is 7.63. The molecule has 0 aliphatic carbocycles. The molecule has 0 N–H and O–H groups in total. The monoisotopic (exact) mass is 357 g/mol. The molecule has 0 amide bonds. The molecule has 3 heterocycles. The fourth-order valence-corrected chi connectivity index (χ4v) is 4.13. The first kappa shape index (κ1) is 16.2. The summed E-state index contributed by atoms with van der Waals surface area (Å²) in [4.78, 5) is 9.64. The van der Waals surface area contributed by atoms with Crippen molar-refractivity contribution in [3.63, 3.8) is 0 Å². The SMILES string of the molecule is Cc1ccc(C)c(N2c3cc4oc5c(C)cccc5c4nc3N(C)[C@@H]2C)c1. The highest BCUT2D eigenvalue weighted by Crippen LogP contribution is 2.46. The summed E-state index contributed by atoms with van der Waals surface area (Å²) in [5.41, 5.74) is 8.69. The van der Waals surface area contributed by atoms with Crippen LogP contribution in [0.2, 0.25) is 0 Å². The summed E-state index contributed by atoms with van der Waals surface area (Å²) in [6, 6.07) is 15.0. The van der Waals surface area contributed by atoms with E-state index < -0.39 is 0 Å². The molecule has 5 rings (SSSR count). The normalized spacial score (nSPS) is 16.6. The van der Waals surface area contributed by atoms with Crippen molar-refractivity contribution in [2.45, 2.75) is 33.9 Å². The number of nitrogens with zero attached hydrogens (tertiary/aromatic N) is 3. The molecular formula is C23H23N3O. The van der Waals surface area contributed by atoms with Crippen molar-refractivity contribution in [3.05, 3.63) is 59.2 Å². The van der Waals surface area contributed by atoms with Gasteiger partial charge in [-0.1, -0.05) is 24.3 Å². The third kappa shape index (κ3) is 2.19. The molecule has 1 atom stereocenters. The molecule has 136 valence electrons. The van der Waals surface area contributed by atoms with Crippen molar-refractivity contribution in [1.82, 2.24) is 4.98 Å². The lowest BCUT2D eigenvalue weighted by atomic mass is 10.1. The number of pyridine rings is 1. The van der Waals surface area contributed by atoms with Crippen molar-refractivity contribution < 1.29 is 4.42 Å². The first-order chi connectivity index (χ1) is 13.0. The van der Waals surface area contributed by atoms with Crippen molar-refractivity contribution >= 4 is 39.3 Å². The number of para-hydroxylation sites is 1. The van der Waals surface area contributed by atoms with Gasteiger partial charge in [0.1, 0.15) is 17.3 Å². The van der Waals surface area contributed by atoms with E-state index in [0.29, 0.717) is 0 Å². The van der Waals surface area contributed by atoms with Crippen LogP contribution in [0.1, 0.15) is 23.6 Å². The van der Waals surface area contributed by atoms with Crippen LogP contribution >= 0.6 is 0 Å². The molecule has 27 heavy (non-hydrogen) atoms. The Bertz CT molecular complexity index is 1210. The maximum atomic E-state index is 6.21. The Morgan fingerprint density at radius 3 is 2.59 bits per heavy atom. The minimum absolute atomic E-state index is 0.188. The molecular weight excluding hydrogens is 334 g/mol. The molecule has 0 radical (unpaired) electrons. The van der Waals surface area contributed by atoms with Crippen LogP contribution in [0.5, 0.6) is 0 Å². The Balaban J connectivity index is 1.80. The average Bonchev–Trinajstić information content (AvgIpc) is 3.13. The molecule has 0 spiro atoms. The van der Waals surface area contributed by atoms with E-state index in [2.05, 4.69) is 87.0 Å². The Morgan fingerprint density at radius 2 is 1.78 bits per heavy atom. The topological polar surface area (TPSA) is 32.5 Å². The van der Waals surface area contributed by atoms with Crippen molar-refractivity contribution in [3.8, 4) is 0 Å². The van der Waals surface area contributed by atoms with Crippen LogP contribution in [0.25, 0.3) is 22.1 Å². The number of rotatable bonds is 1. The predicted molar refractivity (Wildman–Crippen MR) is 112 cm³/mol. The summed E-state index contributed by atoms with van der Waals surface area (Å²) in [5.74, 6) is 1.00. The fraction of sp³-hybridized carbons (Fsp3) is 0.261. The van der Waals surface area contributed by atoms with Gasteiger partial charge in [-0.2, -0.15) is 0 Å². The quantitative estimate of drug-likeness (QED) is 0.428. The van der Waals surface area contributed by atoms with Crippen LogP contribution in [0.3, 0.4) is 0 Å². The van der Waals surface area contributed by atoms with Gasteiger partial charge >= 0.3 is 0 Å². The number of benzene rings is 2. The predicted octanol–water partition coefficient (Wildman–Crippen LogP) is 5.84. The molecule has 0 saturated heterocycles. The zero-order chi connectivity index (χ0) is 18.9. The molecule has 0 bridgehead atoms. The molecule has 0 unspecified atom stereocenters. The number of hydrogen-bond donors (Lipinski definition) is 0. The molecule has 4 heteroatoms. The number of aryl methyl sites for hydroxylation is 3. The zero-order valence-corrected chi connectivity index (χ0v) is 16.4. The highest BCUT2D eigenvalue weighted by Gasteiger charge is 2.34. The van der Waals surface area contributed by atoms with E-state index in [1.54, 1.807) is 0 Å². The fourth-order valence-electron chi connectivity index (χ4n) is 4.13. The van der Waals surface area contributed by atoms with Crippen LogP contribution < -0.4 is 9.80 Å². The van der Waals surface area contributed by atoms with Crippen LogP contribution in [0.4, 0.5) is 17.2 Å². The van der Waals surface area contributed by atoms with Gasteiger partial charge in [0, 0.05) is 24.2 Å². The molecule has 0 fully saturated rings. The summed E-state index contributed by atoms with van der Waals surface area (Å²) in [6.07, 6.45) is 0.188. The van der Waals surface area contributed by atoms with Gasteiger partial charge in [-0.05, 0) is 56.5 Å². The third-order valence-electron chi connectivity index (χ3n) is 5.78. The van der Waals surface area contributed by atoms with Gasteiger partial charge in [-0.3, -0.25) is 0 Å². The molecule has 1 aliphatic rings. The maximum absolute atomic E-state index is 6.21. The average molecular weight is 357 g/mol. The number of aromatic nitrogens is 1. The first-order valence-corrected chi connectivity index (χ1v) is 9.38. The van der Waals surface area contributed by atoms with E-state index in [1.807, 2.05) is 0 Å². The highest BCUT2D eigenvalue weighted by atomic mass is 16.3. The lowest BCUT2D eigenvalue weighted by molar-refractivity contribution is 0.665. The van der Waals surface area contributed by atoms with E-state index in [-0.39, 0.29) is 6.17 Å². The van der Waals surface area contributed by atoms with Gasteiger partial charge in [0.15, 0.2) is 11.4 Å². The lowest BCUT2D eigenvalue weighted by Crippen LogP contribution is -2.36. The Hall–Kier alpha value is -3.01. The van der Waals surface area contributed by atoms with Gasteiger partial charge in [-0.25, -0.2) is 4.98 Å². The number of hydrogen-bond acceptors (Lipinski definition) is 4. The van der Waals surface area contributed by atoms with Crippen LogP contribution in [0.15, 0.2) is 46.9 Å². The molecule has 4 nitrogen and oxygen atoms in total. The third-order valence-corrected chi connectivity index (χ3v) is 5.78. The Morgan fingerprint density at radius 1 is 0.963 bits per heavy atom. The second-order valence-electron chi connectivity index (χ2n) is 7.63. The number of anilines is 3. The number of furan rings is 1. The summed E-state index contributed by atoms with van der Waals surface area (Å²) in [7, 11) is 2.11. The summed E-state index contributed by atoms with van der Waals surface area (Å²) < 4.78 is 6.21. The van der Waals surface area contributed by atoms with Crippen LogP contribution in [-0.2, 0) is 0 Å². The first-order valence-electron chi connectivity index (χ1n) is 9.38. The van der Waals surface area contributed by atoms with Gasteiger partial charge in [-0.15, -0.1) is 0 Å². The van der Waals surface area contributed by atoms with Crippen molar-refractivity contribution in [2.75, 3.05) is 16.8 Å². The standard InChI is InChI=1S/C23H23N3O/c1-13-9-10-14(2)18(11-13)26-16(4)25(5)23-19(26)12-20-21(24-23)17-8-6-7-15(3)22(17)27-20/h6-12,16H,1-5H3/t16-/m0/s1.